The third kappa shape index (κ3) is 3.07. The molecule has 0 aliphatic heterocycles. The molecule has 0 fully saturated rings. The van der Waals surface area contributed by atoms with Crippen LogP contribution in [0, 0.1) is 0 Å². The molecule has 2 rings (SSSR count). The number of nitrogens with zero attached hydrogens (tertiary/aromatic N) is 1. The Hall–Kier alpha value is -1.81. The maximum absolute atomic E-state index is 10.6. The molecule has 0 amide bonds. The van der Waals surface area contributed by atoms with Gasteiger partial charge in [0.25, 0.3) is 0 Å². The number of rotatable bonds is 4. The van der Waals surface area contributed by atoms with Crippen molar-refractivity contribution in [2.75, 3.05) is 0 Å². The molecular formula is C12H10ClNO3. The monoisotopic (exact) mass is 251 g/mol. The Morgan fingerprint density at radius 1 is 1.41 bits per heavy atom. The molecule has 1 aromatic heterocycles. The van der Waals surface area contributed by atoms with Crippen LogP contribution in [0.25, 0.3) is 0 Å². The summed E-state index contributed by atoms with van der Waals surface area (Å²) >= 11 is 5.86. The van der Waals surface area contributed by atoms with Crippen molar-refractivity contribution in [3.8, 4) is 0 Å². The number of halogens is 1. The average molecular weight is 252 g/mol. The minimum atomic E-state index is -1.11. The highest BCUT2D eigenvalue weighted by Crippen LogP contribution is 2.13. The summed E-state index contributed by atoms with van der Waals surface area (Å²) in [5.41, 5.74) is 1.06. The van der Waals surface area contributed by atoms with Gasteiger partial charge >= 0.3 is 5.97 Å². The first-order chi connectivity index (χ1) is 8.15. The predicted molar refractivity (Wildman–Crippen MR) is 62.3 cm³/mol. The molecule has 0 bridgehead atoms. The Kier molecular flexibility index (Phi) is 3.44. The summed E-state index contributed by atoms with van der Waals surface area (Å²) in [6.07, 6.45) is 2.48. The molecular weight excluding hydrogens is 242 g/mol. The number of oxazole rings is 1. The first-order valence-corrected chi connectivity index (χ1v) is 5.45. The number of benzene rings is 1. The van der Waals surface area contributed by atoms with Crippen molar-refractivity contribution in [1.82, 2.24) is 4.98 Å². The van der Waals surface area contributed by atoms with E-state index in [1.165, 1.54) is 6.20 Å². The van der Waals surface area contributed by atoms with Crippen LogP contribution in [-0.2, 0) is 12.8 Å². The van der Waals surface area contributed by atoms with Crippen molar-refractivity contribution in [1.29, 1.82) is 0 Å². The molecule has 0 atom stereocenters. The van der Waals surface area contributed by atoms with Gasteiger partial charge in [-0.3, -0.25) is 0 Å². The van der Waals surface area contributed by atoms with E-state index in [0.29, 0.717) is 23.8 Å². The minimum Gasteiger partial charge on any atom is -0.475 e. The lowest BCUT2D eigenvalue weighted by molar-refractivity contribution is 0.0660. The Balaban J connectivity index is 2.00. The molecule has 0 saturated heterocycles. The molecule has 0 aliphatic carbocycles. The summed E-state index contributed by atoms with van der Waals surface area (Å²) in [5, 5.41) is 9.35. The second-order valence-electron chi connectivity index (χ2n) is 3.55. The molecule has 0 saturated carbocycles. The smallest absolute Gasteiger partial charge is 0.373 e. The van der Waals surface area contributed by atoms with E-state index in [0.717, 1.165) is 5.56 Å². The van der Waals surface area contributed by atoms with Crippen molar-refractivity contribution in [2.24, 2.45) is 0 Å². The third-order valence-electron chi connectivity index (χ3n) is 2.28. The van der Waals surface area contributed by atoms with E-state index in [1.807, 2.05) is 18.2 Å². The number of carboxylic acids is 1. The van der Waals surface area contributed by atoms with Crippen LogP contribution in [0.4, 0.5) is 0 Å². The molecule has 0 aliphatic rings. The highest BCUT2D eigenvalue weighted by atomic mass is 35.5. The van der Waals surface area contributed by atoms with E-state index in [2.05, 4.69) is 4.98 Å². The predicted octanol–water partition coefficient (Wildman–Crippen LogP) is 2.81. The molecule has 1 heterocycles. The fraction of sp³-hybridized carbons (Fsp3) is 0.167. The van der Waals surface area contributed by atoms with Gasteiger partial charge in [0, 0.05) is 11.4 Å². The summed E-state index contributed by atoms with van der Waals surface area (Å²) in [4.78, 5) is 14.5. The van der Waals surface area contributed by atoms with Crippen molar-refractivity contribution in [2.45, 2.75) is 12.8 Å². The normalized spacial score (nSPS) is 10.4. The summed E-state index contributed by atoms with van der Waals surface area (Å²) < 4.78 is 5.05. The van der Waals surface area contributed by atoms with Crippen LogP contribution < -0.4 is 0 Å². The fourth-order valence-electron chi connectivity index (χ4n) is 1.47. The highest BCUT2D eigenvalue weighted by molar-refractivity contribution is 6.30. The van der Waals surface area contributed by atoms with Crippen molar-refractivity contribution >= 4 is 17.6 Å². The van der Waals surface area contributed by atoms with Crippen LogP contribution in [0.3, 0.4) is 0 Å². The average Bonchev–Trinajstić information content (AvgIpc) is 2.75. The quantitative estimate of drug-likeness (QED) is 0.908. The zero-order valence-corrected chi connectivity index (χ0v) is 9.65. The Morgan fingerprint density at radius 2 is 2.24 bits per heavy atom. The van der Waals surface area contributed by atoms with Crippen LogP contribution in [-0.4, -0.2) is 16.1 Å². The fourth-order valence-corrected chi connectivity index (χ4v) is 1.68. The van der Waals surface area contributed by atoms with Gasteiger partial charge in [-0.1, -0.05) is 23.7 Å². The van der Waals surface area contributed by atoms with Gasteiger partial charge in [0.1, 0.15) is 0 Å². The Labute approximate surface area is 103 Å². The van der Waals surface area contributed by atoms with Gasteiger partial charge in [-0.2, -0.15) is 0 Å². The van der Waals surface area contributed by atoms with Crippen LogP contribution >= 0.6 is 11.6 Å². The van der Waals surface area contributed by atoms with Gasteiger partial charge < -0.3 is 9.52 Å². The lowest BCUT2D eigenvalue weighted by atomic mass is 10.1. The number of aryl methyl sites for hydroxylation is 2. The van der Waals surface area contributed by atoms with Gasteiger partial charge in [0.05, 0.1) is 6.20 Å². The van der Waals surface area contributed by atoms with Crippen LogP contribution in [0.1, 0.15) is 22.0 Å². The first-order valence-electron chi connectivity index (χ1n) is 5.07. The molecule has 0 radical (unpaired) electrons. The van der Waals surface area contributed by atoms with Gasteiger partial charge in [-0.05, 0) is 24.1 Å². The van der Waals surface area contributed by atoms with Gasteiger partial charge in [-0.15, -0.1) is 0 Å². The van der Waals surface area contributed by atoms with Crippen molar-refractivity contribution in [3.05, 3.63) is 52.7 Å². The van der Waals surface area contributed by atoms with E-state index in [9.17, 15) is 4.79 Å². The van der Waals surface area contributed by atoms with Crippen molar-refractivity contribution < 1.29 is 14.3 Å². The molecule has 0 spiro atoms. The first kappa shape index (κ1) is 11.7. The zero-order chi connectivity index (χ0) is 12.3. The minimum absolute atomic E-state index is 0.133. The Morgan fingerprint density at radius 3 is 2.88 bits per heavy atom. The number of carboxylic acid groups (broad SMARTS) is 1. The summed E-state index contributed by atoms with van der Waals surface area (Å²) in [6.45, 7) is 0. The molecule has 88 valence electrons. The zero-order valence-electron chi connectivity index (χ0n) is 8.89. The molecule has 4 nitrogen and oxygen atoms in total. The molecule has 17 heavy (non-hydrogen) atoms. The number of aromatic carboxylic acids is 1. The van der Waals surface area contributed by atoms with Gasteiger partial charge in [0.15, 0.2) is 5.89 Å². The molecule has 0 unspecified atom stereocenters. The summed E-state index contributed by atoms with van der Waals surface area (Å²) in [6, 6.07) is 7.49. The van der Waals surface area contributed by atoms with E-state index < -0.39 is 5.97 Å². The van der Waals surface area contributed by atoms with E-state index >= 15 is 0 Å². The number of hydrogen-bond acceptors (Lipinski definition) is 3. The van der Waals surface area contributed by atoms with Crippen LogP contribution in [0.2, 0.25) is 5.02 Å². The maximum Gasteiger partial charge on any atom is 0.373 e. The molecule has 5 heteroatoms. The van der Waals surface area contributed by atoms with Crippen LogP contribution in [0.15, 0.2) is 34.9 Å². The largest absolute Gasteiger partial charge is 0.475 e. The lowest BCUT2D eigenvalue weighted by Gasteiger charge is -1.99. The Bertz CT molecular complexity index is 536. The molecule has 2 aromatic rings. The summed E-state index contributed by atoms with van der Waals surface area (Å²) in [7, 11) is 0. The second-order valence-corrected chi connectivity index (χ2v) is 3.99. The lowest BCUT2D eigenvalue weighted by Crippen LogP contribution is -1.93. The van der Waals surface area contributed by atoms with E-state index in [4.69, 9.17) is 21.1 Å². The van der Waals surface area contributed by atoms with E-state index in [1.54, 1.807) is 6.07 Å². The number of aromatic nitrogens is 1. The number of carbonyl (C=O) groups is 1. The number of hydrogen-bond donors (Lipinski definition) is 1. The van der Waals surface area contributed by atoms with E-state index in [-0.39, 0.29) is 5.76 Å². The SMILES string of the molecule is O=C(O)c1cnc(CCc2cccc(Cl)c2)o1. The van der Waals surface area contributed by atoms with Crippen LogP contribution in [0.5, 0.6) is 0 Å². The summed E-state index contributed by atoms with van der Waals surface area (Å²) in [5.74, 6) is -0.819. The molecule has 1 aromatic carbocycles. The van der Waals surface area contributed by atoms with Gasteiger partial charge in [-0.25, -0.2) is 9.78 Å². The standard InChI is InChI=1S/C12H10ClNO3/c13-9-3-1-2-8(6-9)4-5-11-14-7-10(17-11)12(15)16/h1-3,6-7H,4-5H2,(H,15,16). The third-order valence-corrected chi connectivity index (χ3v) is 2.52. The second kappa shape index (κ2) is 5.01. The maximum atomic E-state index is 10.6. The van der Waals surface area contributed by atoms with Gasteiger partial charge in [0.2, 0.25) is 5.76 Å². The highest BCUT2D eigenvalue weighted by Gasteiger charge is 2.10. The van der Waals surface area contributed by atoms with Crippen molar-refractivity contribution in [3.63, 3.8) is 0 Å². The molecule has 1 N–H and O–H groups in total. The topological polar surface area (TPSA) is 63.3 Å².